The summed E-state index contributed by atoms with van der Waals surface area (Å²) in [5, 5.41) is 0.631. The van der Waals surface area contributed by atoms with Crippen LogP contribution in [0.15, 0.2) is 66.3 Å². The predicted molar refractivity (Wildman–Crippen MR) is 115 cm³/mol. The van der Waals surface area contributed by atoms with Gasteiger partial charge in [-0.15, -0.1) is 0 Å². The van der Waals surface area contributed by atoms with Crippen molar-refractivity contribution in [2.24, 2.45) is 0 Å². The first-order valence-corrected chi connectivity index (χ1v) is 9.76. The molecule has 0 saturated carbocycles. The Morgan fingerprint density at radius 3 is 1.72 bits per heavy atom. The summed E-state index contributed by atoms with van der Waals surface area (Å²) in [7, 11) is 0. The highest BCUT2D eigenvalue weighted by molar-refractivity contribution is 6.30. The SMILES string of the molecule is CCOC(=O)/C=C1/C(=Cc2ccc(Cl)cc2)/C(=C/C(=O)OCC)c2ccccc21. The molecule has 29 heavy (non-hydrogen) atoms. The average molecular weight is 409 g/mol. The summed E-state index contributed by atoms with van der Waals surface area (Å²) in [4.78, 5) is 24.5. The standard InChI is InChI=1S/C24H21ClO4/c1-3-28-23(26)14-21-18-7-5-6-8-19(18)22(15-24(27)29-4-2)20(21)13-16-9-11-17(25)12-10-16/h5-15H,3-4H2,1-2H3/b21-14+,22-15+. The van der Waals surface area contributed by atoms with E-state index in [1.807, 2.05) is 42.5 Å². The van der Waals surface area contributed by atoms with Gasteiger partial charge >= 0.3 is 11.9 Å². The maximum absolute atomic E-state index is 12.2. The fourth-order valence-electron chi connectivity index (χ4n) is 3.18. The monoisotopic (exact) mass is 408 g/mol. The van der Waals surface area contributed by atoms with Crippen LogP contribution in [0.25, 0.3) is 17.2 Å². The van der Waals surface area contributed by atoms with Crippen molar-refractivity contribution in [3.05, 3.63) is 88.0 Å². The summed E-state index contributed by atoms with van der Waals surface area (Å²) >= 11 is 6.00. The predicted octanol–water partition coefficient (Wildman–Crippen LogP) is 5.33. The molecular weight excluding hydrogens is 388 g/mol. The first kappa shape index (κ1) is 20.6. The minimum Gasteiger partial charge on any atom is -0.463 e. The van der Waals surface area contributed by atoms with Gasteiger partial charge < -0.3 is 9.47 Å². The molecule has 148 valence electrons. The van der Waals surface area contributed by atoms with Crippen LogP contribution in [0.5, 0.6) is 0 Å². The van der Waals surface area contributed by atoms with Gasteiger partial charge in [-0.3, -0.25) is 0 Å². The molecule has 0 atom stereocenters. The van der Waals surface area contributed by atoms with E-state index < -0.39 is 11.9 Å². The molecule has 0 saturated heterocycles. The van der Waals surface area contributed by atoms with Crippen LogP contribution >= 0.6 is 11.6 Å². The Hall–Kier alpha value is -3.11. The maximum Gasteiger partial charge on any atom is 0.331 e. The van der Waals surface area contributed by atoms with Crippen molar-refractivity contribution in [2.45, 2.75) is 13.8 Å². The average Bonchev–Trinajstić information content (AvgIpc) is 2.97. The summed E-state index contributed by atoms with van der Waals surface area (Å²) in [5.74, 6) is -0.867. The van der Waals surface area contributed by atoms with E-state index in [1.165, 1.54) is 12.2 Å². The molecule has 1 aliphatic carbocycles. The minimum atomic E-state index is -0.434. The fourth-order valence-corrected chi connectivity index (χ4v) is 3.31. The molecular formula is C24H21ClO4. The summed E-state index contributed by atoms with van der Waals surface area (Å²) in [6.45, 7) is 4.09. The van der Waals surface area contributed by atoms with Crippen LogP contribution in [0.1, 0.15) is 30.5 Å². The number of hydrogen-bond donors (Lipinski definition) is 0. The Kier molecular flexibility index (Phi) is 6.68. The fraction of sp³-hybridized carbons (Fsp3) is 0.167. The first-order valence-electron chi connectivity index (χ1n) is 9.38. The summed E-state index contributed by atoms with van der Waals surface area (Å²) in [6, 6.07) is 15.0. The van der Waals surface area contributed by atoms with E-state index in [4.69, 9.17) is 21.1 Å². The molecule has 0 bridgehead atoms. The van der Waals surface area contributed by atoms with Gasteiger partial charge in [0.25, 0.3) is 0 Å². The number of ether oxygens (including phenoxy) is 2. The molecule has 2 aromatic rings. The molecule has 0 aromatic heterocycles. The molecule has 2 aromatic carbocycles. The molecule has 3 rings (SSSR count). The van der Waals surface area contributed by atoms with Gasteiger partial charge in [0.15, 0.2) is 0 Å². The van der Waals surface area contributed by atoms with Gasteiger partial charge in [0.2, 0.25) is 0 Å². The lowest BCUT2D eigenvalue weighted by atomic mass is 9.99. The number of fused-ring (bicyclic) bond motifs is 1. The number of rotatable bonds is 5. The lowest BCUT2D eigenvalue weighted by Gasteiger charge is -2.06. The number of halogens is 1. The van der Waals surface area contributed by atoms with Crippen LogP contribution in [-0.2, 0) is 19.1 Å². The van der Waals surface area contributed by atoms with Crippen LogP contribution in [0.2, 0.25) is 5.02 Å². The second kappa shape index (κ2) is 9.39. The van der Waals surface area contributed by atoms with Crippen molar-refractivity contribution >= 4 is 40.8 Å². The molecule has 0 amide bonds. The van der Waals surface area contributed by atoms with Crippen LogP contribution in [0.3, 0.4) is 0 Å². The lowest BCUT2D eigenvalue weighted by Crippen LogP contribution is -2.02. The van der Waals surface area contributed by atoms with E-state index in [-0.39, 0.29) is 13.2 Å². The highest BCUT2D eigenvalue weighted by Crippen LogP contribution is 2.46. The second-order valence-electron chi connectivity index (χ2n) is 6.28. The molecule has 0 radical (unpaired) electrons. The number of benzene rings is 2. The third-order valence-corrected chi connectivity index (χ3v) is 4.62. The molecule has 4 nitrogen and oxygen atoms in total. The van der Waals surface area contributed by atoms with E-state index in [2.05, 4.69) is 0 Å². The Bertz CT molecular complexity index is 956. The van der Waals surface area contributed by atoms with Crippen LogP contribution < -0.4 is 0 Å². The van der Waals surface area contributed by atoms with Crippen LogP contribution in [-0.4, -0.2) is 25.2 Å². The van der Waals surface area contributed by atoms with Crippen molar-refractivity contribution < 1.29 is 19.1 Å². The number of esters is 2. The number of allylic oxidation sites excluding steroid dienone is 3. The van der Waals surface area contributed by atoms with Gasteiger partial charge in [-0.05, 0) is 65.5 Å². The second-order valence-corrected chi connectivity index (χ2v) is 6.71. The zero-order chi connectivity index (χ0) is 20.8. The molecule has 0 aliphatic heterocycles. The van der Waals surface area contributed by atoms with E-state index in [0.29, 0.717) is 16.2 Å². The van der Waals surface area contributed by atoms with Gasteiger partial charge in [0.05, 0.1) is 13.2 Å². The minimum absolute atomic E-state index is 0.284. The zero-order valence-electron chi connectivity index (χ0n) is 16.3. The Labute approximate surface area is 175 Å². The number of carbonyl (C=O) groups is 2. The Morgan fingerprint density at radius 1 is 0.793 bits per heavy atom. The molecule has 0 spiro atoms. The first-order chi connectivity index (χ1) is 14.0. The smallest absolute Gasteiger partial charge is 0.331 e. The zero-order valence-corrected chi connectivity index (χ0v) is 17.0. The highest BCUT2D eigenvalue weighted by atomic mass is 35.5. The normalized spacial score (nSPS) is 15.3. The molecule has 1 aliphatic rings. The van der Waals surface area contributed by atoms with Gasteiger partial charge in [-0.25, -0.2) is 9.59 Å². The van der Waals surface area contributed by atoms with E-state index in [9.17, 15) is 9.59 Å². The topological polar surface area (TPSA) is 52.6 Å². The van der Waals surface area contributed by atoms with Gasteiger partial charge in [-0.1, -0.05) is 48.0 Å². The van der Waals surface area contributed by atoms with Crippen LogP contribution in [0, 0.1) is 0 Å². The largest absolute Gasteiger partial charge is 0.463 e. The molecule has 0 fully saturated rings. The molecule has 5 heteroatoms. The summed E-state index contributed by atoms with van der Waals surface area (Å²) < 4.78 is 10.2. The van der Waals surface area contributed by atoms with Gasteiger partial charge in [0.1, 0.15) is 0 Å². The summed E-state index contributed by atoms with van der Waals surface area (Å²) in [5.41, 5.74) is 4.75. The highest BCUT2D eigenvalue weighted by Gasteiger charge is 2.28. The Morgan fingerprint density at radius 2 is 1.28 bits per heavy atom. The maximum atomic E-state index is 12.2. The van der Waals surface area contributed by atoms with Crippen molar-refractivity contribution in [1.82, 2.24) is 0 Å². The van der Waals surface area contributed by atoms with E-state index >= 15 is 0 Å². The lowest BCUT2D eigenvalue weighted by molar-refractivity contribution is -0.138. The van der Waals surface area contributed by atoms with Crippen molar-refractivity contribution in [3.8, 4) is 0 Å². The van der Waals surface area contributed by atoms with Gasteiger partial charge in [-0.2, -0.15) is 0 Å². The summed E-state index contributed by atoms with van der Waals surface area (Å²) in [6.07, 6.45) is 4.86. The van der Waals surface area contributed by atoms with Crippen molar-refractivity contribution in [1.29, 1.82) is 0 Å². The molecule has 0 unspecified atom stereocenters. The van der Waals surface area contributed by atoms with Crippen molar-refractivity contribution in [3.63, 3.8) is 0 Å². The van der Waals surface area contributed by atoms with Crippen molar-refractivity contribution in [2.75, 3.05) is 13.2 Å². The van der Waals surface area contributed by atoms with Crippen LogP contribution in [0.4, 0.5) is 0 Å². The Balaban J connectivity index is 2.20. The van der Waals surface area contributed by atoms with E-state index in [0.717, 1.165) is 22.3 Å². The number of hydrogen-bond acceptors (Lipinski definition) is 4. The third kappa shape index (κ3) is 4.84. The molecule has 0 heterocycles. The number of carbonyl (C=O) groups excluding carboxylic acids is 2. The molecule has 0 N–H and O–H groups in total. The van der Waals surface area contributed by atoms with E-state index in [1.54, 1.807) is 26.0 Å². The van der Waals surface area contributed by atoms with Gasteiger partial charge in [0, 0.05) is 17.2 Å². The quantitative estimate of drug-likeness (QED) is 0.495. The third-order valence-electron chi connectivity index (χ3n) is 4.37.